The van der Waals surface area contributed by atoms with Crippen molar-refractivity contribution >= 4 is 35.0 Å². The second kappa shape index (κ2) is 9.94. The molecule has 7 heteroatoms. The lowest BCUT2D eigenvalue weighted by Crippen LogP contribution is -2.16. The molecule has 0 saturated carbocycles. The summed E-state index contributed by atoms with van der Waals surface area (Å²) in [5.41, 5.74) is 2.78. The third-order valence-electron chi connectivity index (χ3n) is 4.42. The summed E-state index contributed by atoms with van der Waals surface area (Å²) < 4.78 is 2.13. The number of nitrogens with one attached hydrogen (secondary N) is 1. The molecule has 0 atom stereocenters. The molecule has 29 heavy (non-hydrogen) atoms. The molecule has 0 bridgehead atoms. The highest BCUT2D eigenvalue weighted by atomic mass is 35.5. The molecule has 1 aromatic heterocycles. The number of amides is 1. The molecule has 3 rings (SSSR count). The summed E-state index contributed by atoms with van der Waals surface area (Å²) in [5, 5.41) is 13.1. The Morgan fingerprint density at radius 3 is 2.62 bits per heavy atom. The van der Waals surface area contributed by atoms with Gasteiger partial charge in [0, 0.05) is 23.7 Å². The highest BCUT2D eigenvalue weighted by molar-refractivity contribution is 7.99. The van der Waals surface area contributed by atoms with E-state index in [4.69, 9.17) is 11.6 Å². The van der Waals surface area contributed by atoms with E-state index in [1.807, 2.05) is 43.3 Å². The standard InChI is InChI=1S/C22H25ClN4OS/c1-15(2)13-27-20(12-17-8-5-4-6-9-17)25-26-22(27)29-14-21(28)24-19-11-7-10-18(23)16(19)3/h4-11,15H,12-14H2,1-3H3,(H,24,28). The van der Waals surface area contributed by atoms with E-state index in [2.05, 4.69) is 46.1 Å². The second-order valence-corrected chi connectivity index (χ2v) is 8.66. The predicted octanol–water partition coefficient (Wildman–Crippen LogP) is 5.22. The summed E-state index contributed by atoms with van der Waals surface area (Å²) in [6.45, 7) is 7.03. The first-order valence-corrected chi connectivity index (χ1v) is 10.9. The summed E-state index contributed by atoms with van der Waals surface area (Å²) in [4.78, 5) is 12.4. The summed E-state index contributed by atoms with van der Waals surface area (Å²) >= 11 is 7.53. The van der Waals surface area contributed by atoms with Gasteiger partial charge in [-0.2, -0.15) is 0 Å². The van der Waals surface area contributed by atoms with Gasteiger partial charge in [-0.05, 0) is 36.1 Å². The highest BCUT2D eigenvalue weighted by Gasteiger charge is 2.16. The van der Waals surface area contributed by atoms with Crippen molar-refractivity contribution in [1.82, 2.24) is 14.8 Å². The van der Waals surface area contributed by atoms with E-state index in [-0.39, 0.29) is 11.7 Å². The summed E-state index contributed by atoms with van der Waals surface area (Å²) in [6.07, 6.45) is 0.717. The van der Waals surface area contributed by atoms with Crippen LogP contribution >= 0.6 is 23.4 Å². The Morgan fingerprint density at radius 2 is 1.90 bits per heavy atom. The third-order valence-corrected chi connectivity index (χ3v) is 5.80. The van der Waals surface area contributed by atoms with E-state index in [1.54, 1.807) is 0 Å². The first-order valence-electron chi connectivity index (χ1n) is 9.57. The quantitative estimate of drug-likeness (QED) is 0.500. The number of thioether (sulfide) groups is 1. The van der Waals surface area contributed by atoms with Crippen LogP contribution in [0.2, 0.25) is 5.02 Å². The van der Waals surface area contributed by atoms with Crippen LogP contribution in [0.1, 0.15) is 30.8 Å². The Bertz CT molecular complexity index is 972. The molecule has 0 aliphatic carbocycles. The number of hydrogen-bond donors (Lipinski definition) is 1. The van der Waals surface area contributed by atoms with Crippen LogP contribution in [0, 0.1) is 12.8 Å². The van der Waals surface area contributed by atoms with Crippen LogP contribution in [0.15, 0.2) is 53.7 Å². The van der Waals surface area contributed by atoms with Gasteiger partial charge in [-0.15, -0.1) is 10.2 Å². The summed E-state index contributed by atoms with van der Waals surface area (Å²) in [7, 11) is 0. The van der Waals surface area contributed by atoms with Crippen molar-refractivity contribution in [2.24, 2.45) is 5.92 Å². The number of benzene rings is 2. The molecule has 0 radical (unpaired) electrons. The van der Waals surface area contributed by atoms with Gasteiger partial charge >= 0.3 is 0 Å². The maximum Gasteiger partial charge on any atom is 0.234 e. The fourth-order valence-electron chi connectivity index (χ4n) is 2.94. The number of carbonyl (C=O) groups is 1. The van der Waals surface area contributed by atoms with Crippen molar-refractivity contribution < 1.29 is 4.79 Å². The Hall–Kier alpha value is -2.31. The minimum absolute atomic E-state index is 0.0935. The van der Waals surface area contributed by atoms with Gasteiger partial charge in [-0.1, -0.05) is 73.6 Å². The minimum Gasteiger partial charge on any atom is -0.325 e. The van der Waals surface area contributed by atoms with E-state index in [0.717, 1.165) is 35.2 Å². The number of anilines is 1. The molecular formula is C22H25ClN4OS. The molecular weight excluding hydrogens is 404 g/mol. The van der Waals surface area contributed by atoms with Crippen LogP contribution in [0.3, 0.4) is 0 Å². The van der Waals surface area contributed by atoms with E-state index in [1.165, 1.54) is 17.3 Å². The Balaban J connectivity index is 1.69. The van der Waals surface area contributed by atoms with Crippen molar-refractivity contribution in [2.75, 3.05) is 11.1 Å². The summed E-state index contributed by atoms with van der Waals surface area (Å²) in [5.74, 6) is 1.53. The number of nitrogens with zero attached hydrogens (tertiary/aromatic N) is 3. The van der Waals surface area contributed by atoms with Crippen LogP contribution in [-0.4, -0.2) is 26.4 Å². The van der Waals surface area contributed by atoms with Crippen LogP contribution in [0.4, 0.5) is 5.69 Å². The Morgan fingerprint density at radius 1 is 1.14 bits per heavy atom. The number of rotatable bonds is 8. The second-order valence-electron chi connectivity index (χ2n) is 7.31. The van der Waals surface area contributed by atoms with Crippen molar-refractivity contribution in [2.45, 2.75) is 38.9 Å². The third kappa shape index (κ3) is 5.84. The molecule has 152 valence electrons. The zero-order valence-corrected chi connectivity index (χ0v) is 18.4. The first kappa shape index (κ1) is 21.4. The predicted molar refractivity (Wildman–Crippen MR) is 120 cm³/mol. The maximum atomic E-state index is 12.4. The molecule has 0 unspecified atom stereocenters. The van der Waals surface area contributed by atoms with Gasteiger partial charge in [0.15, 0.2) is 5.16 Å². The Labute approximate surface area is 180 Å². The van der Waals surface area contributed by atoms with Gasteiger partial charge < -0.3 is 9.88 Å². The van der Waals surface area contributed by atoms with Crippen molar-refractivity contribution in [3.63, 3.8) is 0 Å². The van der Waals surface area contributed by atoms with Crippen LogP contribution in [-0.2, 0) is 17.8 Å². The van der Waals surface area contributed by atoms with Gasteiger partial charge in [0.1, 0.15) is 5.82 Å². The lowest BCUT2D eigenvalue weighted by Gasteiger charge is -2.13. The fourth-order valence-corrected chi connectivity index (χ4v) is 3.88. The highest BCUT2D eigenvalue weighted by Crippen LogP contribution is 2.24. The zero-order chi connectivity index (χ0) is 20.8. The van der Waals surface area contributed by atoms with E-state index < -0.39 is 0 Å². The van der Waals surface area contributed by atoms with Crippen LogP contribution in [0.25, 0.3) is 0 Å². The number of halogens is 1. The molecule has 0 aliphatic heterocycles. The SMILES string of the molecule is Cc1c(Cl)cccc1NC(=O)CSc1nnc(Cc2ccccc2)n1CC(C)C. The number of carbonyl (C=O) groups excluding carboxylic acids is 1. The maximum absolute atomic E-state index is 12.4. The minimum atomic E-state index is -0.0935. The van der Waals surface area contributed by atoms with E-state index in [9.17, 15) is 4.79 Å². The smallest absolute Gasteiger partial charge is 0.234 e. The average molecular weight is 429 g/mol. The molecule has 5 nitrogen and oxygen atoms in total. The largest absolute Gasteiger partial charge is 0.325 e. The normalized spacial score (nSPS) is 11.1. The van der Waals surface area contributed by atoms with Gasteiger partial charge in [0.05, 0.1) is 5.75 Å². The molecule has 2 aromatic carbocycles. The molecule has 0 fully saturated rings. The van der Waals surface area contributed by atoms with Crippen molar-refractivity contribution in [3.8, 4) is 0 Å². The molecule has 1 N–H and O–H groups in total. The zero-order valence-electron chi connectivity index (χ0n) is 16.9. The first-order chi connectivity index (χ1) is 13.9. The van der Waals surface area contributed by atoms with Crippen LogP contribution in [0.5, 0.6) is 0 Å². The topological polar surface area (TPSA) is 59.8 Å². The molecule has 1 heterocycles. The van der Waals surface area contributed by atoms with Gasteiger partial charge in [-0.3, -0.25) is 4.79 Å². The van der Waals surface area contributed by atoms with Gasteiger partial charge in [0.25, 0.3) is 0 Å². The monoisotopic (exact) mass is 428 g/mol. The van der Waals surface area contributed by atoms with Crippen LogP contribution < -0.4 is 5.32 Å². The van der Waals surface area contributed by atoms with Gasteiger partial charge in [-0.25, -0.2) is 0 Å². The lowest BCUT2D eigenvalue weighted by molar-refractivity contribution is -0.113. The van der Waals surface area contributed by atoms with E-state index in [0.29, 0.717) is 10.9 Å². The molecule has 1 amide bonds. The van der Waals surface area contributed by atoms with Crippen molar-refractivity contribution in [1.29, 1.82) is 0 Å². The molecule has 0 aliphatic rings. The number of hydrogen-bond acceptors (Lipinski definition) is 4. The summed E-state index contributed by atoms with van der Waals surface area (Å²) in [6, 6.07) is 15.7. The average Bonchev–Trinajstić information content (AvgIpc) is 3.05. The number of aromatic nitrogens is 3. The molecule has 0 saturated heterocycles. The molecule has 0 spiro atoms. The van der Waals surface area contributed by atoms with E-state index >= 15 is 0 Å². The van der Waals surface area contributed by atoms with Gasteiger partial charge in [0.2, 0.25) is 5.91 Å². The fraction of sp³-hybridized carbons (Fsp3) is 0.318. The Kier molecular flexibility index (Phi) is 7.34. The van der Waals surface area contributed by atoms with Crippen molar-refractivity contribution in [3.05, 3.63) is 70.5 Å². The lowest BCUT2D eigenvalue weighted by atomic mass is 10.1. The molecule has 3 aromatic rings.